The molecule has 0 atom stereocenters. The van der Waals surface area contributed by atoms with Gasteiger partial charge < -0.3 is 10.4 Å². The lowest BCUT2D eigenvalue weighted by Crippen LogP contribution is -2.16. The van der Waals surface area contributed by atoms with E-state index in [0.717, 1.165) is 4.90 Å². The summed E-state index contributed by atoms with van der Waals surface area (Å²) >= 11 is 1.40. The monoisotopic (exact) mass is 302 g/mol. The molecule has 1 aromatic carbocycles. The zero-order valence-electron chi connectivity index (χ0n) is 11.2. The van der Waals surface area contributed by atoms with Crippen molar-refractivity contribution in [3.8, 4) is 0 Å². The number of nitrogens with one attached hydrogen (secondary N) is 1. The van der Waals surface area contributed by atoms with Crippen molar-refractivity contribution in [2.75, 3.05) is 11.1 Å². The summed E-state index contributed by atoms with van der Waals surface area (Å²) in [5.41, 5.74) is 1.13. The molecule has 0 aliphatic carbocycles. The highest BCUT2D eigenvalue weighted by atomic mass is 32.2. The number of aliphatic carboxylic acids is 1. The van der Waals surface area contributed by atoms with Crippen LogP contribution in [0.4, 0.5) is 5.69 Å². The molecule has 1 amide bonds. The van der Waals surface area contributed by atoms with E-state index in [0.29, 0.717) is 11.3 Å². The van der Waals surface area contributed by atoms with Gasteiger partial charge in [0.15, 0.2) is 0 Å². The van der Waals surface area contributed by atoms with E-state index >= 15 is 0 Å². The summed E-state index contributed by atoms with van der Waals surface area (Å²) in [7, 11) is 0. The molecule has 0 aliphatic heterocycles. The standard InChI is InChI=1S/C15H14N2O3S/c18-14(10-21-12-5-7-16-8-6-12)17-13-4-2-1-3-11(13)9-15(19)20/h1-8H,9-10H2,(H,17,18)(H,19,20). The maximum atomic E-state index is 11.9. The van der Waals surface area contributed by atoms with E-state index in [9.17, 15) is 9.59 Å². The van der Waals surface area contributed by atoms with Gasteiger partial charge in [-0.2, -0.15) is 0 Å². The van der Waals surface area contributed by atoms with Crippen molar-refractivity contribution in [2.24, 2.45) is 0 Å². The number of carboxylic acid groups (broad SMARTS) is 1. The molecule has 5 nitrogen and oxygen atoms in total. The number of carboxylic acids is 1. The zero-order valence-corrected chi connectivity index (χ0v) is 12.0. The normalized spacial score (nSPS) is 10.1. The van der Waals surface area contributed by atoms with Crippen LogP contribution in [0.25, 0.3) is 0 Å². The fraction of sp³-hybridized carbons (Fsp3) is 0.133. The van der Waals surface area contributed by atoms with Gasteiger partial charge in [0.2, 0.25) is 5.91 Å². The van der Waals surface area contributed by atoms with Gasteiger partial charge in [-0.15, -0.1) is 11.8 Å². The number of carbonyl (C=O) groups excluding carboxylic acids is 1. The molecule has 0 radical (unpaired) electrons. The number of anilines is 1. The maximum Gasteiger partial charge on any atom is 0.307 e. The number of aromatic nitrogens is 1. The van der Waals surface area contributed by atoms with Crippen molar-refractivity contribution in [2.45, 2.75) is 11.3 Å². The average molecular weight is 302 g/mol. The van der Waals surface area contributed by atoms with E-state index in [1.807, 2.05) is 12.1 Å². The Labute approximate surface area is 126 Å². The minimum absolute atomic E-state index is 0.117. The van der Waals surface area contributed by atoms with Crippen LogP contribution in [0.2, 0.25) is 0 Å². The zero-order chi connectivity index (χ0) is 15.1. The first-order valence-electron chi connectivity index (χ1n) is 6.27. The van der Waals surface area contributed by atoms with Crippen molar-refractivity contribution < 1.29 is 14.7 Å². The summed E-state index contributed by atoms with van der Waals surface area (Å²) < 4.78 is 0. The number of thioether (sulfide) groups is 1. The van der Waals surface area contributed by atoms with Gasteiger partial charge in [-0.25, -0.2) is 0 Å². The lowest BCUT2D eigenvalue weighted by atomic mass is 10.1. The van der Waals surface area contributed by atoms with Gasteiger partial charge in [0.25, 0.3) is 0 Å². The Morgan fingerprint density at radius 2 is 1.86 bits per heavy atom. The topological polar surface area (TPSA) is 79.3 Å². The lowest BCUT2D eigenvalue weighted by molar-refractivity contribution is -0.136. The Balaban J connectivity index is 1.95. The van der Waals surface area contributed by atoms with Crippen LogP contribution in [0.5, 0.6) is 0 Å². The van der Waals surface area contributed by atoms with Gasteiger partial charge in [-0.05, 0) is 23.8 Å². The van der Waals surface area contributed by atoms with Gasteiger partial charge >= 0.3 is 5.97 Å². The van der Waals surface area contributed by atoms with Crippen LogP contribution in [0.15, 0.2) is 53.7 Å². The molecule has 1 aromatic heterocycles. The van der Waals surface area contributed by atoms with Crippen LogP contribution < -0.4 is 5.32 Å². The minimum atomic E-state index is -0.928. The quantitative estimate of drug-likeness (QED) is 0.801. The first-order valence-corrected chi connectivity index (χ1v) is 7.26. The molecule has 2 N–H and O–H groups in total. The molecule has 0 spiro atoms. The average Bonchev–Trinajstić information content (AvgIpc) is 2.48. The highest BCUT2D eigenvalue weighted by molar-refractivity contribution is 8.00. The van der Waals surface area contributed by atoms with E-state index < -0.39 is 5.97 Å². The number of amides is 1. The molecular formula is C15H14N2O3S. The van der Waals surface area contributed by atoms with Crippen molar-refractivity contribution in [3.05, 3.63) is 54.4 Å². The predicted molar refractivity (Wildman–Crippen MR) is 81.4 cm³/mol. The van der Waals surface area contributed by atoms with Gasteiger partial charge in [0, 0.05) is 23.0 Å². The molecule has 2 aromatic rings. The first-order chi connectivity index (χ1) is 10.1. The molecule has 0 aliphatic rings. The number of hydrogen-bond acceptors (Lipinski definition) is 4. The van der Waals surface area contributed by atoms with Gasteiger partial charge in [-0.3, -0.25) is 14.6 Å². The van der Waals surface area contributed by atoms with E-state index in [4.69, 9.17) is 5.11 Å². The Morgan fingerprint density at radius 1 is 1.14 bits per heavy atom. The number of hydrogen-bond donors (Lipinski definition) is 2. The van der Waals surface area contributed by atoms with E-state index in [-0.39, 0.29) is 18.1 Å². The Hall–Kier alpha value is -2.34. The van der Waals surface area contributed by atoms with Crippen molar-refractivity contribution in [3.63, 3.8) is 0 Å². The second-order valence-corrected chi connectivity index (χ2v) is 5.30. The largest absolute Gasteiger partial charge is 0.481 e. The molecule has 0 bridgehead atoms. The second kappa shape index (κ2) is 7.44. The van der Waals surface area contributed by atoms with Crippen molar-refractivity contribution in [1.29, 1.82) is 0 Å². The molecule has 0 saturated heterocycles. The van der Waals surface area contributed by atoms with Crippen molar-refractivity contribution >= 4 is 29.3 Å². The number of rotatable bonds is 6. The minimum Gasteiger partial charge on any atom is -0.481 e. The SMILES string of the molecule is O=C(O)Cc1ccccc1NC(=O)CSc1ccncc1. The number of pyridine rings is 1. The summed E-state index contributed by atoms with van der Waals surface area (Å²) in [4.78, 5) is 27.6. The molecule has 6 heteroatoms. The summed E-state index contributed by atoms with van der Waals surface area (Å²) in [5, 5.41) is 11.6. The third-order valence-corrected chi connectivity index (χ3v) is 3.66. The smallest absolute Gasteiger partial charge is 0.307 e. The van der Waals surface area contributed by atoms with Gasteiger partial charge in [0.1, 0.15) is 0 Å². The van der Waals surface area contributed by atoms with E-state index in [1.165, 1.54) is 11.8 Å². The Kier molecular flexibility index (Phi) is 5.34. The van der Waals surface area contributed by atoms with Crippen molar-refractivity contribution in [1.82, 2.24) is 4.98 Å². The summed E-state index contributed by atoms with van der Waals surface area (Å²) in [6, 6.07) is 10.6. The lowest BCUT2D eigenvalue weighted by Gasteiger charge is -2.09. The third-order valence-electron chi connectivity index (χ3n) is 2.65. The van der Waals surface area contributed by atoms with E-state index in [1.54, 1.807) is 36.7 Å². The molecule has 0 unspecified atom stereocenters. The molecule has 2 rings (SSSR count). The first kappa shape index (κ1) is 15.1. The fourth-order valence-electron chi connectivity index (χ4n) is 1.73. The number of nitrogens with zero attached hydrogens (tertiary/aromatic N) is 1. The number of benzene rings is 1. The van der Waals surface area contributed by atoms with Gasteiger partial charge in [0.05, 0.1) is 12.2 Å². The second-order valence-electron chi connectivity index (χ2n) is 4.25. The molecule has 1 heterocycles. The Morgan fingerprint density at radius 3 is 2.57 bits per heavy atom. The molecule has 0 fully saturated rings. The third kappa shape index (κ3) is 4.92. The summed E-state index contributed by atoms with van der Waals surface area (Å²) in [5.74, 6) is -0.844. The fourth-order valence-corrected chi connectivity index (χ4v) is 2.41. The number of para-hydroxylation sites is 1. The maximum absolute atomic E-state index is 11.9. The van der Waals surface area contributed by atoms with Gasteiger partial charge in [-0.1, -0.05) is 18.2 Å². The summed E-state index contributed by atoms with van der Waals surface area (Å²) in [6.07, 6.45) is 3.22. The Bertz CT molecular complexity index is 632. The predicted octanol–water partition coefficient (Wildman–Crippen LogP) is 2.44. The highest BCUT2D eigenvalue weighted by Gasteiger charge is 2.09. The van der Waals surface area contributed by atoms with E-state index in [2.05, 4.69) is 10.3 Å². The van der Waals surface area contributed by atoms with Crippen LogP contribution >= 0.6 is 11.8 Å². The van der Waals surface area contributed by atoms with Crippen LogP contribution in [0, 0.1) is 0 Å². The number of carbonyl (C=O) groups is 2. The van der Waals surface area contributed by atoms with Crippen LogP contribution in [-0.2, 0) is 16.0 Å². The molecule has 21 heavy (non-hydrogen) atoms. The van der Waals surface area contributed by atoms with Crippen LogP contribution in [0.1, 0.15) is 5.56 Å². The summed E-state index contributed by atoms with van der Waals surface area (Å²) in [6.45, 7) is 0. The van der Waals surface area contributed by atoms with Crippen LogP contribution in [-0.4, -0.2) is 27.7 Å². The highest BCUT2D eigenvalue weighted by Crippen LogP contribution is 2.19. The molecule has 0 saturated carbocycles. The van der Waals surface area contributed by atoms with Crippen LogP contribution in [0.3, 0.4) is 0 Å². The molecular weight excluding hydrogens is 288 g/mol. The molecule has 108 valence electrons.